The van der Waals surface area contributed by atoms with Crippen LogP contribution >= 0.6 is 22.6 Å². The highest BCUT2D eigenvalue weighted by molar-refractivity contribution is 14.1. The van der Waals surface area contributed by atoms with Crippen molar-refractivity contribution in [2.45, 2.75) is 0 Å². The van der Waals surface area contributed by atoms with Gasteiger partial charge in [-0.3, -0.25) is 0 Å². The third-order valence-corrected chi connectivity index (χ3v) is 3.12. The predicted molar refractivity (Wildman–Crippen MR) is 79.3 cm³/mol. The van der Waals surface area contributed by atoms with E-state index in [9.17, 15) is 0 Å². The highest BCUT2D eigenvalue weighted by Gasteiger charge is 2.03. The first-order valence-electron chi connectivity index (χ1n) is 5.45. The van der Waals surface area contributed by atoms with Gasteiger partial charge in [-0.15, -0.1) is 0 Å². The molecule has 2 aromatic rings. The molecule has 0 atom stereocenters. The van der Waals surface area contributed by atoms with Gasteiger partial charge in [0.15, 0.2) is 0 Å². The van der Waals surface area contributed by atoms with Crippen LogP contribution in [0.2, 0.25) is 0 Å². The summed E-state index contributed by atoms with van der Waals surface area (Å²) in [6.07, 6.45) is 1.60. The van der Waals surface area contributed by atoms with E-state index in [-0.39, 0.29) is 0 Å². The minimum absolute atomic E-state index is 0.880. The van der Waals surface area contributed by atoms with Gasteiger partial charge in [-0.2, -0.15) is 0 Å². The fraction of sp³-hybridized carbons (Fsp3) is 0.333. The molecule has 0 radical (unpaired) electrons. The van der Waals surface area contributed by atoms with E-state index in [4.69, 9.17) is 0 Å². The highest BCUT2D eigenvalue weighted by atomic mass is 127. The first kappa shape index (κ1) is 12.5. The zero-order chi connectivity index (χ0) is 12.3. The van der Waals surface area contributed by atoms with Crippen LogP contribution in [-0.2, 0) is 0 Å². The lowest BCUT2D eigenvalue weighted by molar-refractivity contribution is 0.425. The summed E-state index contributed by atoms with van der Waals surface area (Å²) in [6, 6.07) is 6.18. The molecular weight excluding hydrogens is 327 g/mol. The molecule has 0 aliphatic rings. The van der Waals surface area contributed by atoms with Gasteiger partial charge < -0.3 is 10.2 Å². The molecular formula is C12H15IN4. The zero-order valence-corrected chi connectivity index (χ0v) is 12.1. The minimum Gasteiger partial charge on any atom is -0.368 e. The van der Waals surface area contributed by atoms with Crippen molar-refractivity contribution in [3.05, 3.63) is 28.1 Å². The Bertz CT molecular complexity index is 513. The fourth-order valence-electron chi connectivity index (χ4n) is 1.57. The summed E-state index contributed by atoms with van der Waals surface area (Å²) < 4.78 is 1.19. The molecule has 2 rings (SSSR count). The van der Waals surface area contributed by atoms with Crippen molar-refractivity contribution >= 4 is 39.3 Å². The number of likely N-dealkylation sites (N-methyl/N-ethyl adjacent to an activating group) is 1. The molecule has 0 fully saturated rings. The summed E-state index contributed by atoms with van der Waals surface area (Å²) in [4.78, 5) is 10.7. The smallest absolute Gasteiger partial charge is 0.137 e. The predicted octanol–water partition coefficient (Wildman–Crippen LogP) is 2.21. The summed E-state index contributed by atoms with van der Waals surface area (Å²) in [5.41, 5.74) is 0.979. The van der Waals surface area contributed by atoms with Crippen LogP contribution < -0.4 is 5.32 Å². The van der Waals surface area contributed by atoms with Gasteiger partial charge in [0.25, 0.3) is 0 Å². The Balaban J connectivity index is 2.24. The monoisotopic (exact) mass is 342 g/mol. The summed E-state index contributed by atoms with van der Waals surface area (Å²) >= 11 is 2.30. The summed E-state index contributed by atoms with van der Waals surface area (Å²) in [5, 5.41) is 4.43. The Kier molecular flexibility index (Phi) is 4.11. The Morgan fingerprint density at radius 3 is 2.88 bits per heavy atom. The maximum atomic E-state index is 4.30. The third-order valence-electron chi connectivity index (χ3n) is 2.45. The van der Waals surface area contributed by atoms with Gasteiger partial charge in [0.1, 0.15) is 12.1 Å². The average molecular weight is 342 g/mol. The van der Waals surface area contributed by atoms with Crippen molar-refractivity contribution in [1.29, 1.82) is 0 Å². The molecule has 0 saturated heterocycles. The number of nitrogens with one attached hydrogen (secondary N) is 1. The van der Waals surface area contributed by atoms with Crippen LogP contribution in [0.4, 0.5) is 5.82 Å². The number of nitrogens with zero attached hydrogens (tertiary/aromatic N) is 3. The number of benzene rings is 1. The summed E-state index contributed by atoms with van der Waals surface area (Å²) in [7, 11) is 4.12. The molecule has 4 nitrogen and oxygen atoms in total. The van der Waals surface area contributed by atoms with Crippen molar-refractivity contribution in [2.24, 2.45) is 0 Å². The normalized spacial score (nSPS) is 11.1. The van der Waals surface area contributed by atoms with Gasteiger partial charge in [-0.1, -0.05) is 0 Å². The molecule has 0 amide bonds. The van der Waals surface area contributed by atoms with Crippen molar-refractivity contribution < 1.29 is 0 Å². The average Bonchev–Trinajstić information content (AvgIpc) is 2.29. The maximum Gasteiger partial charge on any atom is 0.137 e. The molecule has 5 heteroatoms. The number of halogens is 1. The summed E-state index contributed by atoms with van der Waals surface area (Å²) in [6.45, 7) is 1.86. The van der Waals surface area contributed by atoms with Gasteiger partial charge in [0.05, 0.1) is 5.52 Å². The van der Waals surface area contributed by atoms with Gasteiger partial charge >= 0.3 is 0 Å². The second-order valence-electron chi connectivity index (χ2n) is 4.11. The second-order valence-corrected chi connectivity index (χ2v) is 5.36. The van der Waals surface area contributed by atoms with Gasteiger partial charge in [0, 0.05) is 22.0 Å². The number of hydrogen-bond donors (Lipinski definition) is 1. The van der Waals surface area contributed by atoms with E-state index in [1.54, 1.807) is 6.33 Å². The lowest BCUT2D eigenvalue weighted by Gasteiger charge is -2.12. The van der Waals surface area contributed by atoms with Crippen LogP contribution in [0.15, 0.2) is 24.5 Å². The Morgan fingerprint density at radius 2 is 2.12 bits per heavy atom. The van der Waals surface area contributed by atoms with Gasteiger partial charge in [-0.05, 0) is 54.9 Å². The van der Waals surface area contributed by atoms with Crippen molar-refractivity contribution in [2.75, 3.05) is 32.5 Å². The highest BCUT2D eigenvalue weighted by Crippen LogP contribution is 2.21. The SMILES string of the molecule is CN(C)CCNc1ncnc2ccc(I)cc12. The number of fused-ring (bicyclic) bond motifs is 1. The molecule has 0 aliphatic heterocycles. The van der Waals surface area contributed by atoms with Crippen LogP contribution in [0.1, 0.15) is 0 Å². The molecule has 1 heterocycles. The van der Waals surface area contributed by atoms with E-state index in [1.807, 2.05) is 6.07 Å². The third kappa shape index (κ3) is 3.26. The number of rotatable bonds is 4. The lowest BCUT2D eigenvalue weighted by Crippen LogP contribution is -2.21. The number of hydrogen-bond acceptors (Lipinski definition) is 4. The maximum absolute atomic E-state index is 4.30. The molecule has 0 spiro atoms. The van der Waals surface area contributed by atoms with E-state index in [1.165, 1.54) is 3.57 Å². The fourth-order valence-corrected chi connectivity index (χ4v) is 2.06. The zero-order valence-electron chi connectivity index (χ0n) is 9.94. The number of anilines is 1. The van der Waals surface area contributed by atoms with Crippen LogP contribution in [0.5, 0.6) is 0 Å². The van der Waals surface area contributed by atoms with Crippen LogP contribution in [-0.4, -0.2) is 42.1 Å². The standard InChI is InChI=1S/C12H15IN4/c1-17(2)6-5-14-12-10-7-9(13)3-4-11(10)15-8-16-12/h3-4,7-8H,5-6H2,1-2H3,(H,14,15,16). The van der Waals surface area contributed by atoms with E-state index in [0.717, 1.165) is 29.8 Å². The number of aromatic nitrogens is 2. The van der Waals surface area contributed by atoms with E-state index in [2.05, 4.69) is 69.0 Å². The summed E-state index contributed by atoms with van der Waals surface area (Å²) in [5.74, 6) is 0.912. The van der Waals surface area contributed by atoms with Crippen LogP contribution in [0, 0.1) is 3.57 Å². The molecule has 0 unspecified atom stereocenters. The second kappa shape index (κ2) is 5.59. The van der Waals surface area contributed by atoms with Crippen LogP contribution in [0.3, 0.4) is 0 Å². The van der Waals surface area contributed by atoms with Crippen LogP contribution in [0.25, 0.3) is 10.9 Å². The van der Waals surface area contributed by atoms with E-state index < -0.39 is 0 Å². The Morgan fingerprint density at radius 1 is 1.29 bits per heavy atom. The van der Waals surface area contributed by atoms with Crippen molar-refractivity contribution in [1.82, 2.24) is 14.9 Å². The Labute approximate surface area is 115 Å². The van der Waals surface area contributed by atoms with Gasteiger partial charge in [-0.25, -0.2) is 9.97 Å². The van der Waals surface area contributed by atoms with E-state index in [0.29, 0.717) is 0 Å². The first-order chi connectivity index (χ1) is 8.16. The lowest BCUT2D eigenvalue weighted by atomic mass is 10.2. The molecule has 90 valence electrons. The molecule has 1 aromatic heterocycles. The molecule has 0 aliphatic carbocycles. The van der Waals surface area contributed by atoms with Crippen molar-refractivity contribution in [3.63, 3.8) is 0 Å². The van der Waals surface area contributed by atoms with Gasteiger partial charge in [0.2, 0.25) is 0 Å². The molecule has 17 heavy (non-hydrogen) atoms. The van der Waals surface area contributed by atoms with E-state index >= 15 is 0 Å². The minimum atomic E-state index is 0.880. The van der Waals surface area contributed by atoms with Crippen molar-refractivity contribution in [3.8, 4) is 0 Å². The molecule has 0 bridgehead atoms. The largest absolute Gasteiger partial charge is 0.368 e. The Hall–Kier alpha value is -0.950. The molecule has 1 N–H and O–H groups in total. The molecule has 0 saturated carbocycles. The molecule has 1 aromatic carbocycles. The first-order valence-corrected chi connectivity index (χ1v) is 6.53. The quantitative estimate of drug-likeness (QED) is 0.865. The topological polar surface area (TPSA) is 41.0 Å².